The number of hydrogen-bond donors (Lipinski definition) is 1. The van der Waals surface area contributed by atoms with Gasteiger partial charge in [0.25, 0.3) is 0 Å². The molecule has 0 heterocycles. The molecule has 5 nitrogen and oxygen atoms in total. The lowest BCUT2D eigenvalue weighted by molar-refractivity contribution is -0.116. The van der Waals surface area contributed by atoms with Crippen LogP contribution in [0.25, 0.3) is 6.08 Å². The first-order valence-electron chi connectivity index (χ1n) is 8.16. The number of amides is 1. The highest BCUT2D eigenvalue weighted by Gasteiger charge is 2.10. The zero-order valence-corrected chi connectivity index (χ0v) is 15.8. The Morgan fingerprint density at radius 2 is 1.88 bits per heavy atom. The van der Waals surface area contributed by atoms with Gasteiger partial charge in [-0.1, -0.05) is 23.7 Å². The van der Waals surface area contributed by atoms with Crippen molar-refractivity contribution in [3.63, 3.8) is 0 Å². The van der Waals surface area contributed by atoms with E-state index in [-0.39, 0.29) is 5.91 Å². The first-order valence-corrected chi connectivity index (χ1v) is 8.54. The summed E-state index contributed by atoms with van der Waals surface area (Å²) < 4.78 is 15.9. The Kier molecular flexibility index (Phi) is 7.36. The van der Waals surface area contributed by atoms with E-state index in [0.717, 1.165) is 16.9 Å². The van der Waals surface area contributed by atoms with Gasteiger partial charge in [-0.15, -0.1) is 0 Å². The lowest BCUT2D eigenvalue weighted by Crippen LogP contribution is -2.20. The fraction of sp³-hybridized carbons (Fsp3) is 0.250. The highest BCUT2D eigenvalue weighted by molar-refractivity contribution is 6.32. The van der Waals surface area contributed by atoms with Gasteiger partial charge in [0.05, 0.1) is 25.8 Å². The van der Waals surface area contributed by atoms with Crippen molar-refractivity contribution in [2.24, 2.45) is 0 Å². The highest BCUT2D eigenvalue weighted by atomic mass is 35.5. The molecule has 6 heteroatoms. The molecular weight excluding hydrogens is 354 g/mol. The first-order chi connectivity index (χ1) is 12.6. The Balaban J connectivity index is 1.99. The second-order valence-corrected chi connectivity index (χ2v) is 5.77. The minimum Gasteiger partial charge on any atom is -0.497 e. The van der Waals surface area contributed by atoms with Crippen molar-refractivity contribution in [3.05, 3.63) is 58.6 Å². The number of carbonyl (C=O) groups excluding carboxylic acids is 1. The molecule has 1 amide bonds. The van der Waals surface area contributed by atoms with Crippen molar-refractivity contribution >= 4 is 23.6 Å². The zero-order valence-electron chi connectivity index (χ0n) is 15.0. The molecule has 0 aliphatic rings. The number of halogens is 1. The first kappa shape index (κ1) is 19.7. The molecule has 2 rings (SSSR count). The maximum absolute atomic E-state index is 12.0. The summed E-state index contributed by atoms with van der Waals surface area (Å²) in [6.45, 7) is 2.79. The second-order valence-electron chi connectivity index (χ2n) is 5.37. The Hall–Kier alpha value is -2.66. The molecule has 0 saturated heterocycles. The van der Waals surface area contributed by atoms with Crippen molar-refractivity contribution in [2.75, 3.05) is 20.8 Å². The van der Waals surface area contributed by atoms with E-state index in [1.807, 2.05) is 31.2 Å². The lowest BCUT2D eigenvalue weighted by atomic mass is 10.1. The molecule has 0 radical (unpaired) electrons. The summed E-state index contributed by atoms with van der Waals surface area (Å²) in [5.41, 5.74) is 1.73. The third-order valence-corrected chi connectivity index (χ3v) is 3.87. The third kappa shape index (κ3) is 5.43. The quantitative estimate of drug-likeness (QED) is 0.706. The normalized spacial score (nSPS) is 10.6. The number of benzene rings is 2. The van der Waals surface area contributed by atoms with E-state index in [1.165, 1.54) is 6.08 Å². The van der Waals surface area contributed by atoms with E-state index in [2.05, 4.69) is 5.32 Å². The zero-order chi connectivity index (χ0) is 18.9. The van der Waals surface area contributed by atoms with Gasteiger partial charge in [-0.2, -0.15) is 0 Å². The van der Waals surface area contributed by atoms with Gasteiger partial charge >= 0.3 is 0 Å². The Bertz CT molecular complexity index is 772. The summed E-state index contributed by atoms with van der Waals surface area (Å²) in [7, 11) is 3.16. The van der Waals surface area contributed by atoms with Crippen LogP contribution in [0.3, 0.4) is 0 Å². The van der Waals surface area contributed by atoms with Crippen molar-refractivity contribution < 1.29 is 19.0 Å². The molecule has 26 heavy (non-hydrogen) atoms. The average Bonchev–Trinajstić information content (AvgIpc) is 2.66. The van der Waals surface area contributed by atoms with E-state index in [0.29, 0.717) is 29.7 Å². The Morgan fingerprint density at radius 3 is 2.50 bits per heavy atom. The number of hydrogen-bond acceptors (Lipinski definition) is 4. The minimum atomic E-state index is -0.204. The minimum absolute atomic E-state index is 0.204. The van der Waals surface area contributed by atoms with Gasteiger partial charge in [-0.25, -0.2) is 0 Å². The van der Waals surface area contributed by atoms with Crippen LogP contribution < -0.4 is 19.5 Å². The molecular formula is C20H22ClNO4. The van der Waals surface area contributed by atoms with E-state index < -0.39 is 0 Å². The van der Waals surface area contributed by atoms with Crippen LogP contribution in [-0.2, 0) is 11.3 Å². The second kappa shape index (κ2) is 9.73. The van der Waals surface area contributed by atoms with Gasteiger partial charge in [0.2, 0.25) is 5.91 Å². The van der Waals surface area contributed by atoms with Crippen LogP contribution in [0, 0.1) is 0 Å². The molecule has 2 aromatic rings. The molecule has 0 atom stereocenters. The van der Waals surface area contributed by atoms with Crippen LogP contribution in [0.15, 0.2) is 42.5 Å². The number of methoxy groups -OCH3 is 2. The van der Waals surface area contributed by atoms with Crippen LogP contribution in [0.1, 0.15) is 18.1 Å². The van der Waals surface area contributed by atoms with Crippen molar-refractivity contribution in [2.45, 2.75) is 13.5 Å². The summed E-state index contributed by atoms with van der Waals surface area (Å²) in [6.07, 6.45) is 3.13. The van der Waals surface area contributed by atoms with Gasteiger partial charge in [0.1, 0.15) is 5.75 Å². The highest BCUT2D eigenvalue weighted by Crippen LogP contribution is 2.36. The smallest absolute Gasteiger partial charge is 0.244 e. The maximum atomic E-state index is 12.0. The molecule has 0 saturated carbocycles. The number of rotatable bonds is 8. The molecule has 0 aliphatic carbocycles. The van der Waals surface area contributed by atoms with E-state index in [4.69, 9.17) is 25.8 Å². The van der Waals surface area contributed by atoms with E-state index in [9.17, 15) is 4.79 Å². The van der Waals surface area contributed by atoms with Gasteiger partial charge in [-0.05, 0) is 48.4 Å². The topological polar surface area (TPSA) is 56.8 Å². The largest absolute Gasteiger partial charge is 0.497 e. The summed E-state index contributed by atoms with van der Waals surface area (Å²) in [6, 6.07) is 11.0. The Morgan fingerprint density at radius 1 is 1.15 bits per heavy atom. The number of ether oxygens (including phenoxy) is 3. The van der Waals surface area contributed by atoms with E-state index >= 15 is 0 Å². The van der Waals surface area contributed by atoms with Gasteiger partial charge in [-0.3, -0.25) is 4.79 Å². The van der Waals surface area contributed by atoms with E-state index in [1.54, 1.807) is 32.4 Å². The predicted molar refractivity (Wildman–Crippen MR) is 103 cm³/mol. The molecule has 0 spiro atoms. The fourth-order valence-corrected chi connectivity index (χ4v) is 2.56. The summed E-state index contributed by atoms with van der Waals surface area (Å²) in [5.74, 6) is 1.60. The van der Waals surface area contributed by atoms with Crippen LogP contribution in [0.2, 0.25) is 5.02 Å². The molecule has 0 bridgehead atoms. The van der Waals surface area contributed by atoms with Crippen LogP contribution in [-0.4, -0.2) is 26.7 Å². The molecule has 1 N–H and O–H groups in total. The maximum Gasteiger partial charge on any atom is 0.244 e. The predicted octanol–water partition coefficient (Wildman–Crippen LogP) is 4.09. The van der Waals surface area contributed by atoms with Crippen molar-refractivity contribution in [1.29, 1.82) is 0 Å². The lowest BCUT2D eigenvalue weighted by Gasteiger charge is -2.11. The number of nitrogens with one attached hydrogen (secondary N) is 1. The van der Waals surface area contributed by atoms with Crippen LogP contribution in [0.4, 0.5) is 0 Å². The average molecular weight is 376 g/mol. The van der Waals surface area contributed by atoms with Crippen molar-refractivity contribution in [3.8, 4) is 17.2 Å². The molecule has 138 valence electrons. The van der Waals surface area contributed by atoms with Gasteiger partial charge < -0.3 is 19.5 Å². The fourth-order valence-electron chi connectivity index (χ4n) is 2.28. The van der Waals surface area contributed by atoms with Gasteiger partial charge in [0, 0.05) is 12.6 Å². The number of carbonyl (C=O) groups is 1. The molecule has 2 aromatic carbocycles. The molecule has 0 fully saturated rings. The van der Waals surface area contributed by atoms with Crippen LogP contribution in [0.5, 0.6) is 17.2 Å². The third-order valence-electron chi connectivity index (χ3n) is 3.59. The SMILES string of the molecule is CCOc1c(Cl)cc(/C=C/C(=O)NCc2ccc(OC)cc2)cc1OC. The molecule has 0 aliphatic heterocycles. The summed E-state index contributed by atoms with van der Waals surface area (Å²) in [4.78, 5) is 12.0. The van der Waals surface area contributed by atoms with Crippen LogP contribution >= 0.6 is 11.6 Å². The van der Waals surface area contributed by atoms with Gasteiger partial charge in [0.15, 0.2) is 11.5 Å². The monoisotopic (exact) mass is 375 g/mol. The van der Waals surface area contributed by atoms with Crippen molar-refractivity contribution in [1.82, 2.24) is 5.32 Å². The summed E-state index contributed by atoms with van der Waals surface area (Å²) >= 11 is 6.22. The molecule has 0 aromatic heterocycles. The standard InChI is InChI=1S/C20H22ClNO4/c1-4-26-20-17(21)11-15(12-18(20)25-3)7-10-19(23)22-13-14-5-8-16(24-2)9-6-14/h5-12H,4,13H2,1-3H3,(H,22,23)/b10-7+. The summed E-state index contributed by atoms with van der Waals surface area (Å²) in [5, 5.41) is 3.26. The molecule has 0 unspecified atom stereocenters. The Labute approximate surface area is 158 Å².